The Morgan fingerprint density at radius 1 is 1.05 bits per heavy atom. The van der Waals surface area contributed by atoms with Gasteiger partial charge in [-0.3, -0.25) is 4.79 Å². The molecule has 0 spiro atoms. The van der Waals surface area contributed by atoms with Crippen molar-refractivity contribution in [2.45, 2.75) is 71.1 Å². The molecule has 0 radical (unpaired) electrons. The van der Waals surface area contributed by atoms with E-state index in [1.807, 2.05) is 0 Å². The number of nitrogens with two attached hydrogens (primary N) is 1. The fourth-order valence-electron chi connectivity index (χ4n) is 1.88. The molecule has 20 heavy (non-hydrogen) atoms. The second-order valence-corrected chi connectivity index (χ2v) is 4.93. The number of hydrogen-bond donors (Lipinski definition) is 1. The van der Waals surface area contributed by atoms with Crippen LogP contribution in [0.3, 0.4) is 0 Å². The first kappa shape index (κ1) is 18.4. The average Bonchev–Trinajstić information content (AvgIpc) is 2.43. The summed E-state index contributed by atoms with van der Waals surface area (Å²) in [6.45, 7) is 2.66. The number of unbranched alkanes of at least 4 members (excludes halogenated alkanes) is 9. The standard InChI is InChI=1S/C15H27N3O2/c1-2-3-4-5-6-7-8-9-10-11-12-20-18-14(13-16)15(17)19/h2-12H2,1H3,(H2,17,19). The maximum atomic E-state index is 10.7. The van der Waals surface area contributed by atoms with E-state index in [9.17, 15) is 4.79 Å². The Morgan fingerprint density at radius 3 is 2.00 bits per heavy atom. The fourth-order valence-corrected chi connectivity index (χ4v) is 1.88. The Balaban J connectivity index is 3.29. The predicted octanol–water partition coefficient (Wildman–Crippen LogP) is 3.29. The van der Waals surface area contributed by atoms with Crippen molar-refractivity contribution in [1.29, 1.82) is 5.26 Å². The molecule has 0 saturated carbocycles. The molecule has 0 aliphatic rings. The molecular weight excluding hydrogens is 254 g/mol. The van der Waals surface area contributed by atoms with Crippen LogP contribution in [0.4, 0.5) is 0 Å². The molecule has 0 rings (SSSR count). The highest BCUT2D eigenvalue weighted by molar-refractivity contribution is 6.44. The van der Waals surface area contributed by atoms with Crippen LogP contribution in [0.15, 0.2) is 5.16 Å². The molecule has 5 heteroatoms. The zero-order chi connectivity index (χ0) is 15.1. The van der Waals surface area contributed by atoms with Crippen LogP contribution in [0.1, 0.15) is 71.1 Å². The summed E-state index contributed by atoms with van der Waals surface area (Å²) in [5.41, 5.74) is 4.54. The molecular formula is C15H27N3O2. The van der Waals surface area contributed by atoms with Gasteiger partial charge in [0.05, 0.1) is 0 Å². The normalized spacial score (nSPS) is 11.1. The van der Waals surface area contributed by atoms with Crippen LogP contribution in [0.2, 0.25) is 0 Å². The smallest absolute Gasteiger partial charge is 0.281 e. The monoisotopic (exact) mass is 281 g/mol. The summed E-state index contributed by atoms with van der Waals surface area (Å²) in [6, 6.07) is 1.59. The van der Waals surface area contributed by atoms with Crippen molar-refractivity contribution >= 4 is 11.6 Å². The molecule has 0 bridgehead atoms. The second-order valence-electron chi connectivity index (χ2n) is 4.93. The van der Waals surface area contributed by atoms with Crippen molar-refractivity contribution in [3.63, 3.8) is 0 Å². The van der Waals surface area contributed by atoms with Crippen LogP contribution in [0.5, 0.6) is 0 Å². The number of primary amides is 1. The number of carbonyl (C=O) groups excluding carboxylic acids is 1. The van der Waals surface area contributed by atoms with Crippen LogP contribution in [-0.2, 0) is 9.63 Å². The van der Waals surface area contributed by atoms with Crippen molar-refractivity contribution in [1.82, 2.24) is 0 Å². The molecule has 0 aromatic carbocycles. The lowest BCUT2D eigenvalue weighted by atomic mass is 10.1. The average molecular weight is 281 g/mol. The van der Waals surface area contributed by atoms with Gasteiger partial charge in [-0.25, -0.2) is 0 Å². The topological polar surface area (TPSA) is 88.5 Å². The number of carbonyl (C=O) groups is 1. The summed E-state index contributed by atoms with van der Waals surface area (Å²) in [5, 5.41) is 11.9. The van der Waals surface area contributed by atoms with E-state index in [1.165, 1.54) is 51.4 Å². The third kappa shape index (κ3) is 11.5. The van der Waals surface area contributed by atoms with Crippen LogP contribution in [-0.4, -0.2) is 18.2 Å². The zero-order valence-electron chi connectivity index (χ0n) is 12.6. The Morgan fingerprint density at radius 2 is 1.55 bits per heavy atom. The maximum absolute atomic E-state index is 10.7. The summed E-state index contributed by atoms with van der Waals surface area (Å²) in [4.78, 5) is 15.5. The van der Waals surface area contributed by atoms with E-state index in [2.05, 4.69) is 12.1 Å². The van der Waals surface area contributed by atoms with E-state index < -0.39 is 5.91 Å². The van der Waals surface area contributed by atoms with E-state index in [0.717, 1.165) is 12.8 Å². The molecule has 0 unspecified atom stereocenters. The molecule has 2 N–H and O–H groups in total. The van der Waals surface area contributed by atoms with E-state index in [1.54, 1.807) is 6.07 Å². The fraction of sp³-hybridized carbons (Fsp3) is 0.800. The lowest BCUT2D eigenvalue weighted by molar-refractivity contribution is -0.112. The molecule has 1 amide bonds. The van der Waals surface area contributed by atoms with E-state index in [-0.39, 0.29) is 5.71 Å². The number of oxime groups is 1. The molecule has 0 aliphatic heterocycles. The van der Waals surface area contributed by atoms with Crippen LogP contribution < -0.4 is 5.73 Å². The van der Waals surface area contributed by atoms with Gasteiger partial charge in [-0.1, -0.05) is 63.4 Å². The lowest BCUT2D eigenvalue weighted by Gasteiger charge is -2.02. The summed E-state index contributed by atoms with van der Waals surface area (Å²) in [6.07, 6.45) is 12.5. The Hall–Kier alpha value is -1.57. The minimum absolute atomic E-state index is 0.378. The third-order valence-corrected chi connectivity index (χ3v) is 3.08. The van der Waals surface area contributed by atoms with Gasteiger partial charge >= 0.3 is 0 Å². The zero-order valence-corrected chi connectivity index (χ0v) is 12.6. The largest absolute Gasteiger partial charge is 0.395 e. The van der Waals surface area contributed by atoms with E-state index in [4.69, 9.17) is 15.8 Å². The van der Waals surface area contributed by atoms with Gasteiger partial charge in [-0.15, -0.1) is 0 Å². The van der Waals surface area contributed by atoms with Gasteiger partial charge in [0.25, 0.3) is 5.91 Å². The number of nitriles is 1. The van der Waals surface area contributed by atoms with Crippen molar-refractivity contribution in [2.75, 3.05) is 6.61 Å². The van der Waals surface area contributed by atoms with Crippen LogP contribution in [0.25, 0.3) is 0 Å². The van der Waals surface area contributed by atoms with Gasteiger partial charge in [0.2, 0.25) is 5.71 Å². The number of hydrogen-bond acceptors (Lipinski definition) is 4. The molecule has 5 nitrogen and oxygen atoms in total. The van der Waals surface area contributed by atoms with Crippen molar-refractivity contribution < 1.29 is 9.63 Å². The maximum Gasteiger partial charge on any atom is 0.281 e. The van der Waals surface area contributed by atoms with Gasteiger partial charge in [0, 0.05) is 0 Å². The van der Waals surface area contributed by atoms with Gasteiger partial charge in [-0.2, -0.15) is 5.26 Å². The summed E-state index contributed by atoms with van der Waals surface area (Å²) in [5.74, 6) is -0.851. The summed E-state index contributed by atoms with van der Waals surface area (Å²) >= 11 is 0. The van der Waals surface area contributed by atoms with Crippen LogP contribution in [0, 0.1) is 11.3 Å². The van der Waals surface area contributed by atoms with E-state index >= 15 is 0 Å². The molecule has 0 atom stereocenters. The predicted molar refractivity (Wildman–Crippen MR) is 80.0 cm³/mol. The Labute approximate surface area is 122 Å². The first-order valence-corrected chi connectivity index (χ1v) is 7.62. The number of nitrogens with zero attached hydrogens (tertiary/aromatic N) is 2. The van der Waals surface area contributed by atoms with Gasteiger partial charge in [-0.05, 0) is 12.8 Å². The third-order valence-electron chi connectivity index (χ3n) is 3.08. The highest BCUT2D eigenvalue weighted by Gasteiger charge is 2.05. The second kappa shape index (κ2) is 13.9. The number of rotatable bonds is 13. The van der Waals surface area contributed by atoms with Gasteiger partial charge < -0.3 is 10.6 Å². The van der Waals surface area contributed by atoms with Gasteiger partial charge in [0.1, 0.15) is 12.7 Å². The highest BCUT2D eigenvalue weighted by atomic mass is 16.6. The SMILES string of the molecule is CCCCCCCCCCCCON=C(C#N)C(N)=O. The minimum atomic E-state index is -0.851. The molecule has 0 aromatic rings. The quantitative estimate of drug-likeness (QED) is 0.319. The van der Waals surface area contributed by atoms with Crippen molar-refractivity contribution in [2.24, 2.45) is 10.9 Å². The highest BCUT2D eigenvalue weighted by Crippen LogP contribution is 2.10. The molecule has 0 aliphatic carbocycles. The Bertz CT molecular complexity index is 322. The summed E-state index contributed by atoms with van der Waals surface area (Å²) in [7, 11) is 0. The molecule has 0 aromatic heterocycles. The lowest BCUT2D eigenvalue weighted by Crippen LogP contribution is -2.21. The molecule has 0 saturated heterocycles. The number of amides is 1. The summed E-state index contributed by atoms with van der Waals surface area (Å²) < 4.78 is 0. The Kier molecular flexibility index (Phi) is 12.8. The first-order valence-electron chi connectivity index (χ1n) is 7.62. The van der Waals surface area contributed by atoms with E-state index in [0.29, 0.717) is 6.61 Å². The molecule has 0 fully saturated rings. The van der Waals surface area contributed by atoms with Crippen molar-refractivity contribution in [3.8, 4) is 6.07 Å². The van der Waals surface area contributed by atoms with Gasteiger partial charge in [0.15, 0.2) is 0 Å². The van der Waals surface area contributed by atoms with Crippen molar-refractivity contribution in [3.05, 3.63) is 0 Å². The molecule has 114 valence electrons. The first-order chi connectivity index (χ1) is 9.72. The minimum Gasteiger partial charge on any atom is -0.395 e. The van der Waals surface area contributed by atoms with Crippen LogP contribution >= 0.6 is 0 Å². The molecule has 0 heterocycles.